The van der Waals surface area contributed by atoms with Gasteiger partial charge in [0.25, 0.3) is 0 Å². The maximum absolute atomic E-state index is 11.2. The summed E-state index contributed by atoms with van der Waals surface area (Å²) in [6.07, 6.45) is 3.13. The van der Waals surface area contributed by atoms with Crippen molar-refractivity contribution < 1.29 is 9.53 Å². The van der Waals surface area contributed by atoms with Crippen LogP contribution >= 0.6 is 23.2 Å². The summed E-state index contributed by atoms with van der Waals surface area (Å²) in [5.74, 6) is 0.620. The van der Waals surface area contributed by atoms with Crippen LogP contribution in [0.15, 0.2) is 30.5 Å². The smallest absolute Gasteiger partial charge is 0.250 e. The number of hydrogen-bond acceptors (Lipinski definition) is 4. The second kappa shape index (κ2) is 6.64. The van der Waals surface area contributed by atoms with E-state index in [1.54, 1.807) is 6.07 Å². The van der Waals surface area contributed by atoms with Crippen molar-refractivity contribution in [2.24, 2.45) is 5.73 Å². The van der Waals surface area contributed by atoms with Crippen molar-refractivity contribution in [2.45, 2.75) is 18.9 Å². The van der Waals surface area contributed by atoms with E-state index >= 15 is 0 Å². The molecule has 1 aromatic heterocycles. The van der Waals surface area contributed by atoms with Crippen LogP contribution in [0, 0.1) is 0 Å². The fourth-order valence-electron chi connectivity index (χ4n) is 2.56. The fraction of sp³-hybridized carbons (Fsp3) is 0.250. The Bertz CT molecular complexity index is 752. The number of nitrogens with two attached hydrogens (primary N) is 1. The molecule has 1 unspecified atom stereocenters. The highest BCUT2D eigenvalue weighted by atomic mass is 35.5. The third-order valence-electron chi connectivity index (χ3n) is 3.69. The molecule has 0 radical (unpaired) electrons. The highest BCUT2D eigenvalue weighted by Crippen LogP contribution is 2.39. The Kier molecular flexibility index (Phi) is 4.59. The Labute approximate surface area is 143 Å². The maximum Gasteiger partial charge on any atom is 0.250 e. The number of halogens is 2. The number of aromatic nitrogens is 1. The number of anilines is 1. The first kappa shape index (κ1) is 15.9. The van der Waals surface area contributed by atoms with E-state index in [0.29, 0.717) is 28.2 Å². The number of hydrogen-bond donors (Lipinski definition) is 2. The van der Waals surface area contributed by atoms with Gasteiger partial charge in [0.2, 0.25) is 5.91 Å². The zero-order valence-corrected chi connectivity index (χ0v) is 13.7. The van der Waals surface area contributed by atoms with E-state index in [-0.39, 0.29) is 11.6 Å². The number of ether oxygens (including phenoxy) is 1. The number of pyridine rings is 1. The summed E-state index contributed by atoms with van der Waals surface area (Å²) in [4.78, 5) is 15.4. The van der Waals surface area contributed by atoms with Crippen LogP contribution < -0.4 is 15.8 Å². The standard InChI is InChI=1S/C16H15Cl2N3O2/c17-11-4-1-3-10-13(5-2-6-23-14(10)11)21-16-12(18)7-9(8-20-16)15(19)22/h1,3-4,7-8,13H,2,5-6H2,(H2,19,22)(H,20,21). The maximum atomic E-state index is 11.2. The van der Waals surface area contributed by atoms with Crippen LogP contribution in [-0.2, 0) is 0 Å². The van der Waals surface area contributed by atoms with E-state index in [0.717, 1.165) is 18.4 Å². The van der Waals surface area contributed by atoms with E-state index in [2.05, 4.69) is 10.3 Å². The average Bonchev–Trinajstić information content (AvgIpc) is 2.73. The molecular formula is C16H15Cl2N3O2. The highest BCUT2D eigenvalue weighted by Gasteiger charge is 2.22. The van der Waals surface area contributed by atoms with Crippen LogP contribution in [0.1, 0.15) is 34.8 Å². The lowest BCUT2D eigenvalue weighted by Gasteiger charge is -2.20. The molecule has 3 N–H and O–H groups in total. The van der Waals surface area contributed by atoms with Crippen molar-refractivity contribution in [1.82, 2.24) is 4.98 Å². The summed E-state index contributed by atoms with van der Waals surface area (Å²) >= 11 is 12.4. The van der Waals surface area contributed by atoms with Gasteiger partial charge in [0.05, 0.1) is 28.3 Å². The second-order valence-corrected chi connectivity index (χ2v) is 6.08. The zero-order valence-electron chi connectivity index (χ0n) is 12.2. The quantitative estimate of drug-likeness (QED) is 0.881. The highest BCUT2D eigenvalue weighted by molar-refractivity contribution is 6.33. The molecule has 1 aliphatic rings. The molecule has 0 fully saturated rings. The van der Waals surface area contributed by atoms with Gasteiger partial charge in [-0.1, -0.05) is 35.3 Å². The summed E-state index contributed by atoms with van der Waals surface area (Å²) in [5, 5.41) is 4.23. The molecule has 3 rings (SSSR count). The summed E-state index contributed by atoms with van der Waals surface area (Å²) in [6, 6.07) is 7.13. The lowest BCUT2D eigenvalue weighted by atomic mass is 10.0. The molecule has 0 bridgehead atoms. The number of fused-ring (bicyclic) bond motifs is 1. The van der Waals surface area contributed by atoms with Gasteiger partial charge in [0.1, 0.15) is 11.6 Å². The minimum absolute atomic E-state index is 0.0318. The molecule has 23 heavy (non-hydrogen) atoms. The van der Waals surface area contributed by atoms with Gasteiger partial charge in [0.15, 0.2) is 0 Å². The monoisotopic (exact) mass is 351 g/mol. The predicted molar refractivity (Wildman–Crippen MR) is 90.3 cm³/mol. The van der Waals surface area contributed by atoms with Gasteiger partial charge in [-0.05, 0) is 25.0 Å². The summed E-state index contributed by atoms with van der Waals surface area (Å²) in [6.45, 7) is 0.608. The molecule has 1 aromatic carbocycles. The van der Waals surface area contributed by atoms with Gasteiger partial charge in [-0.3, -0.25) is 4.79 Å². The van der Waals surface area contributed by atoms with Crippen molar-refractivity contribution >= 4 is 34.9 Å². The lowest BCUT2D eigenvalue weighted by Crippen LogP contribution is -2.14. The molecule has 0 saturated heterocycles. The van der Waals surface area contributed by atoms with Gasteiger partial charge in [-0.2, -0.15) is 0 Å². The fourth-order valence-corrected chi connectivity index (χ4v) is 3.02. The molecular weight excluding hydrogens is 337 g/mol. The molecule has 5 nitrogen and oxygen atoms in total. The van der Waals surface area contributed by atoms with Gasteiger partial charge >= 0.3 is 0 Å². The van der Waals surface area contributed by atoms with Crippen LogP contribution in [0.2, 0.25) is 10.0 Å². The number of para-hydroxylation sites is 1. The summed E-state index contributed by atoms with van der Waals surface area (Å²) in [7, 11) is 0. The molecule has 1 atom stereocenters. The lowest BCUT2D eigenvalue weighted by molar-refractivity contribution is 0.1000. The van der Waals surface area contributed by atoms with E-state index in [9.17, 15) is 4.79 Å². The Balaban J connectivity index is 1.91. The number of carbonyl (C=O) groups excluding carboxylic acids is 1. The third-order valence-corrected chi connectivity index (χ3v) is 4.28. The first-order valence-electron chi connectivity index (χ1n) is 7.19. The number of nitrogens with zero attached hydrogens (tertiary/aromatic N) is 1. The van der Waals surface area contributed by atoms with Crippen LogP contribution in [0.25, 0.3) is 0 Å². The SMILES string of the molecule is NC(=O)c1cnc(NC2CCCOc3c(Cl)cccc32)c(Cl)c1. The molecule has 2 heterocycles. The molecule has 1 amide bonds. The normalized spacial score (nSPS) is 16.9. The van der Waals surface area contributed by atoms with E-state index in [1.165, 1.54) is 12.3 Å². The Hall–Kier alpha value is -1.98. The topological polar surface area (TPSA) is 77.2 Å². The van der Waals surface area contributed by atoms with Crippen LogP contribution in [0.3, 0.4) is 0 Å². The number of amides is 1. The molecule has 2 aromatic rings. The van der Waals surface area contributed by atoms with Crippen molar-refractivity contribution in [2.75, 3.05) is 11.9 Å². The van der Waals surface area contributed by atoms with Crippen LogP contribution in [-0.4, -0.2) is 17.5 Å². The summed E-state index contributed by atoms with van der Waals surface area (Å²) < 4.78 is 5.74. The first-order valence-corrected chi connectivity index (χ1v) is 7.95. The number of primary amides is 1. The molecule has 1 aliphatic heterocycles. The van der Waals surface area contributed by atoms with Crippen LogP contribution in [0.4, 0.5) is 5.82 Å². The van der Waals surface area contributed by atoms with Crippen molar-refractivity contribution in [1.29, 1.82) is 0 Å². The predicted octanol–water partition coefficient (Wildman–Crippen LogP) is 3.81. The van der Waals surface area contributed by atoms with Crippen molar-refractivity contribution in [3.05, 3.63) is 51.6 Å². The molecule has 0 saturated carbocycles. The number of rotatable bonds is 3. The van der Waals surface area contributed by atoms with Gasteiger partial charge < -0.3 is 15.8 Å². The van der Waals surface area contributed by atoms with Gasteiger partial charge in [-0.15, -0.1) is 0 Å². The first-order chi connectivity index (χ1) is 11.1. The van der Waals surface area contributed by atoms with Crippen LogP contribution in [0.5, 0.6) is 5.75 Å². The van der Waals surface area contributed by atoms with E-state index < -0.39 is 5.91 Å². The third kappa shape index (κ3) is 3.35. The Morgan fingerprint density at radius 1 is 1.35 bits per heavy atom. The molecule has 0 aliphatic carbocycles. The number of carbonyl (C=O) groups is 1. The largest absolute Gasteiger partial charge is 0.492 e. The molecule has 120 valence electrons. The number of benzene rings is 1. The van der Waals surface area contributed by atoms with Gasteiger partial charge in [-0.25, -0.2) is 4.98 Å². The second-order valence-electron chi connectivity index (χ2n) is 5.26. The average molecular weight is 352 g/mol. The summed E-state index contributed by atoms with van der Waals surface area (Å²) in [5.41, 5.74) is 6.46. The zero-order chi connectivity index (χ0) is 16.4. The van der Waals surface area contributed by atoms with Crippen molar-refractivity contribution in [3.8, 4) is 5.75 Å². The number of nitrogens with one attached hydrogen (secondary N) is 1. The van der Waals surface area contributed by atoms with Crippen molar-refractivity contribution in [3.63, 3.8) is 0 Å². The van der Waals surface area contributed by atoms with Gasteiger partial charge in [0, 0.05) is 11.8 Å². The molecule has 0 spiro atoms. The Morgan fingerprint density at radius 2 is 2.17 bits per heavy atom. The Morgan fingerprint density at radius 3 is 2.91 bits per heavy atom. The van der Waals surface area contributed by atoms with E-state index in [4.69, 9.17) is 33.7 Å². The molecule has 7 heteroatoms. The minimum Gasteiger partial charge on any atom is -0.492 e. The van der Waals surface area contributed by atoms with E-state index in [1.807, 2.05) is 12.1 Å². The minimum atomic E-state index is -0.564.